The van der Waals surface area contributed by atoms with Crippen LogP contribution in [0, 0.1) is 5.82 Å². The minimum absolute atomic E-state index is 0.191. The molecule has 22 heavy (non-hydrogen) atoms. The first-order chi connectivity index (χ1) is 10.8. The van der Waals surface area contributed by atoms with Crippen LogP contribution in [-0.4, -0.2) is 0 Å². The molecule has 3 rings (SSSR count). The Morgan fingerprint density at radius 3 is 1.86 bits per heavy atom. The number of hydrogen-bond acceptors (Lipinski definition) is 1. The average Bonchev–Trinajstić information content (AvgIpc) is 2.58. The highest BCUT2D eigenvalue weighted by atomic mass is 32.2. The van der Waals surface area contributed by atoms with Gasteiger partial charge in [0.25, 0.3) is 0 Å². The van der Waals surface area contributed by atoms with E-state index in [0.717, 1.165) is 11.3 Å². The second-order valence-electron chi connectivity index (χ2n) is 5.14. The Morgan fingerprint density at radius 2 is 1.23 bits per heavy atom. The zero-order valence-corrected chi connectivity index (χ0v) is 13.0. The fourth-order valence-corrected chi connectivity index (χ4v) is 3.65. The molecule has 0 saturated carbocycles. The van der Waals surface area contributed by atoms with Crippen molar-refractivity contribution in [3.63, 3.8) is 0 Å². The van der Waals surface area contributed by atoms with Crippen molar-refractivity contribution in [3.05, 3.63) is 107 Å². The average molecular weight is 308 g/mol. The molecule has 0 amide bonds. The fraction of sp³-hybridized carbons (Fsp3) is 0.100. The molecule has 0 nitrogen and oxygen atoms in total. The van der Waals surface area contributed by atoms with Gasteiger partial charge in [-0.3, -0.25) is 0 Å². The highest BCUT2D eigenvalue weighted by molar-refractivity contribution is 7.98. The van der Waals surface area contributed by atoms with Crippen LogP contribution in [0.1, 0.15) is 21.9 Å². The number of rotatable bonds is 5. The number of thioether (sulfide) groups is 1. The molecule has 0 N–H and O–H groups in total. The Labute approximate surface area is 135 Å². The molecule has 3 aromatic carbocycles. The van der Waals surface area contributed by atoms with Crippen molar-refractivity contribution in [3.8, 4) is 0 Å². The van der Waals surface area contributed by atoms with Crippen LogP contribution in [-0.2, 0) is 5.75 Å². The third-order valence-electron chi connectivity index (χ3n) is 3.53. The van der Waals surface area contributed by atoms with Crippen LogP contribution < -0.4 is 0 Å². The first-order valence-electron chi connectivity index (χ1n) is 7.29. The summed E-state index contributed by atoms with van der Waals surface area (Å²) in [6, 6.07) is 27.6. The van der Waals surface area contributed by atoms with Crippen molar-refractivity contribution < 1.29 is 4.39 Å². The number of hydrogen-bond donors (Lipinski definition) is 0. The quantitative estimate of drug-likeness (QED) is 0.570. The number of benzene rings is 3. The Bertz CT molecular complexity index is 693. The molecular weight excluding hydrogens is 291 g/mol. The summed E-state index contributed by atoms with van der Waals surface area (Å²) in [5, 5.41) is 0.210. The van der Waals surface area contributed by atoms with Crippen LogP contribution in [0.25, 0.3) is 0 Å². The van der Waals surface area contributed by atoms with E-state index in [9.17, 15) is 4.39 Å². The van der Waals surface area contributed by atoms with Gasteiger partial charge >= 0.3 is 0 Å². The van der Waals surface area contributed by atoms with Gasteiger partial charge in [0.05, 0.1) is 5.25 Å². The highest BCUT2D eigenvalue weighted by Crippen LogP contribution is 2.37. The maximum absolute atomic E-state index is 13.2. The van der Waals surface area contributed by atoms with E-state index in [2.05, 4.69) is 48.5 Å². The van der Waals surface area contributed by atoms with E-state index in [0.29, 0.717) is 0 Å². The van der Waals surface area contributed by atoms with Gasteiger partial charge in [0.15, 0.2) is 0 Å². The molecule has 0 aliphatic rings. The number of halogens is 1. The molecule has 1 unspecified atom stereocenters. The van der Waals surface area contributed by atoms with Crippen LogP contribution in [0.3, 0.4) is 0 Å². The molecule has 0 radical (unpaired) electrons. The summed E-state index contributed by atoms with van der Waals surface area (Å²) in [4.78, 5) is 0. The molecule has 2 heteroatoms. The zero-order chi connectivity index (χ0) is 15.2. The lowest BCUT2D eigenvalue weighted by Crippen LogP contribution is -1.98. The Kier molecular flexibility index (Phi) is 4.92. The van der Waals surface area contributed by atoms with Crippen molar-refractivity contribution in [1.29, 1.82) is 0 Å². The topological polar surface area (TPSA) is 0 Å². The Hall–Kier alpha value is -2.06. The lowest BCUT2D eigenvalue weighted by atomic mass is 10.0. The summed E-state index contributed by atoms with van der Waals surface area (Å²) >= 11 is 1.86. The lowest BCUT2D eigenvalue weighted by molar-refractivity contribution is 0.627. The molecular formula is C20H17FS. The van der Waals surface area contributed by atoms with Gasteiger partial charge < -0.3 is 0 Å². The van der Waals surface area contributed by atoms with E-state index in [1.807, 2.05) is 36.0 Å². The second-order valence-corrected chi connectivity index (χ2v) is 6.23. The predicted molar refractivity (Wildman–Crippen MR) is 92.4 cm³/mol. The molecule has 0 bridgehead atoms. The Balaban J connectivity index is 1.85. The summed E-state index contributed by atoms with van der Waals surface area (Å²) < 4.78 is 13.2. The van der Waals surface area contributed by atoms with Gasteiger partial charge in [-0.2, -0.15) is 0 Å². The molecule has 0 aromatic heterocycles. The van der Waals surface area contributed by atoms with Crippen LogP contribution >= 0.6 is 11.8 Å². The summed E-state index contributed by atoms with van der Waals surface area (Å²) in [7, 11) is 0. The van der Waals surface area contributed by atoms with E-state index in [4.69, 9.17) is 0 Å². The van der Waals surface area contributed by atoms with Crippen LogP contribution in [0.5, 0.6) is 0 Å². The van der Waals surface area contributed by atoms with Crippen molar-refractivity contribution >= 4 is 11.8 Å². The van der Waals surface area contributed by atoms with E-state index in [-0.39, 0.29) is 11.1 Å². The van der Waals surface area contributed by atoms with Crippen LogP contribution in [0.4, 0.5) is 4.39 Å². The third kappa shape index (κ3) is 3.77. The van der Waals surface area contributed by atoms with Crippen molar-refractivity contribution in [2.24, 2.45) is 0 Å². The van der Waals surface area contributed by atoms with Crippen molar-refractivity contribution in [2.45, 2.75) is 11.0 Å². The molecule has 1 atom stereocenters. The molecule has 0 heterocycles. The molecule has 110 valence electrons. The normalized spacial score (nSPS) is 12.0. The Morgan fingerprint density at radius 1 is 0.682 bits per heavy atom. The van der Waals surface area contributed by atoms with Gasteiger partial charge in [0, 0.05) is 5.75 Å². The largest absolute Gasteiger partial charge is 0.207 e. The van der Waals surface area contributed by atoms with Crippen molar-refractivity contribution in [1.82, 2.24) is 0 Å². The monoisotopic (exact) mass is 308 g/mol. The van der Waals surface area contributed by atoms with E-state index in [1.165, 1.54) is 23.3 Å². The van der Waals surface area contributed by atoms with Gasteiger partial charge in [-0.15, -0.1) is 11.8 Å². The second kappa shape index (κ2) is 7.28. The van der Waals surface area contributed by atoms with E-state index in [1.54, 1.807) is 0 Å². The summed E-state index contributed by atoms with van der Waals surface area (Å²) in [6.07, 6.45) is 0. The summed E-state index contributed by atoms with van der Waals surface area (Å²) in [5.41, 5.74) is 3.68. The lowest BCUT2D eigenvalue weighted by Gasteiger charge is -2.18. The van der Waals surface area contributed by atoms with Gasteiger partial charge in [-0.25, -0.2) is 4.39 Å². The van der Waals surface area contributed by atoms with Gasteiger partial charge in [-0.1, -0.05) is 72.8 Å². The van der Waals surface area contributed by atoms with Gasteiger partial charge in [0.2, 0.25) is 0 Å². The van der Waals surface area contributed by atoms with Crippen molar-refractivity contribution in [2.75, 3.05) is 0 Å². The first-order valence-corrected chi connectivity index (χ1v) is 8.34. The fourth-order valence-electron chi connectivity index (χ4n) is 2.40. The first kappa shape index (κ1) is 14.9. The van der Waals surface area contributed by atoms with Crippen LogP contribution in [0.2, 0.25) is 0 Å². The van der Waals surface area contributed by atoms with E-state index >= 15 is 0 Å². The summed E-state index contributed by atoms with van der Waals surface area (Å²) in [6.45, 7) is 0. The summed E-state index contributed by atoms with van der Waals surface area (Å²) in [5.74, 6) is 0.737. The minimum atomic E-state index is -0.191. The van der Waals surface area contributed by atoms with Gasteiger partial charge in [0.1, 0.15) is 5.82 Å². The molecule has 0 saturated heterocycles. The molecule has 0 aliphatic heterocycles. The maximum atomic E-state index is 13.2. The zero-order valence-electron chi connectivity index (χ0n) is 12.2. The SMILES string of the molecule is Fc1ccc(C(SCc2ccccc2)c2ccccc2)cc1. The smallest absolute Gasteiger partial charge is 0.123 e. The van der Waals surface area contributed by atoms with Crippen LogP contribution in [0.15, 0.2) is 84.9 Å². The van der Waals surface area contributed by atoms with Gasteiger partial charge in [-0.05, 0) is 28.8 Å². The highest BCUT2D eigenvalue weighted by Gasteiger charge is 2.14. The molecule has 0 fully saturated rings. The minimum Gasteiger partial charge on any atom is -0.207 e. The van der Waals surface area contributed by atoms with E-state index < -0.39 is 0 Å². The molecule has 3 aromatic rings. The predicted octanol–water partition coefficient (Wildman–Crippen LogP) is 5.85. The maximum Gasteiger partial charge on any atom is 0.123 e. The third-order valence-corrected chi connectivity index (χ3v) is 4.91. The standard InChI is InChI=1S/C20H17FS/c21-19-13-11-18(12-14-19)20(17-9-5-2-6-10-17)22-15-16-7-3-1-4-8-16/h1-14,20H,15H2. The molecule has 0 spiro atoms. The molecule has 0 aliphatic carbocycles.